The Morgan fingerprint density at radius 2 is 2.12 bits per heavy atom. The molecule has 0 saturated carbocycles. The lowest BCUT2D eigenvalue weighted by Crippen LogP contribution is -2.28. The summed E-state index contributed by atoms with van der Waals surface area (Å²) < 4.78 is 0. The average Bonchev–Trinajstić information content (AvgIpc) is 2.68. The highest BCUT2D eigenvalue weighted by Crippen LogP contribution is 2.32. The van der Waals surface area contributed by atoms with Crippen molar-refractivity contribution in [1.82, 2.24) is 4.90 Å². The van der Waals surface area contributed by atoms with E-state index in [1.165, 1.54) is 17.5 Å². The Morgan fingerprint density at radius 3 is 2.82 bits per heavy atom. The van der Waals surface area contributed by atoms with Gasteiger partial charge in [0.15, 0.2) is 0 Å². The van der Waals surface area contributed by atoms with Crippen molar-refractivity contribution in [2.24, 2.45) is 0 Å². The minimum absolute atomic E-state index is 0.304. The molecule has 0 radical (unpaired) electrons. The minimum atomic E-state index is 0.304. The fraction of sp³-hybridized carbons (Fsp3) is 0.600. The molecule has 2 rings (SSSR count). The Balaban J connectivity index is 2.03. The first kappa shape index (κ1) is 12.6. The van der Waals surface area contributed by atoms with Crippen LogP contribution in [-0.4, -0.2) is 35.7 Å². The molecular formula is C15H23NO. The number of hydrogen-bond acceptors (Lipinski definition) is 2. The van der Waals surface area contributed by atoms with E-state index in [-0.39, 0.29) is 0 Å². The van der Waals surface area contributed by atoms with Crippen LogP contribution < -0.4 is 0 Å². The zero-order valence-electron chi connectivity index (χ0n) is 10.9. The molecule has 0 amide bonds. The predicted octanol–water partition coefficient (Wildman–Crippen LogP) is 2.56. The summed E-state index contributed by atoms with van der Waals surface area (Å²) in [5.74, 6) is 0.671. The third kappa shape index (κ3) is 2.88. The van der Waals surface area contributed by atoms with Crippen LogP contribution in [0, 0.1) is 6.92 Å². The Labute approximate surface area is 104 Å². The Bertz CT molecular complexity index is 364. The molecule has 2 heteroatoms. The first-order valence-electron chi connectivity index (χ1n) is 6.63. The van der Waals surface area contributed by atoms with Gasteiger partial charge in [0.2, 0.25) is 0 Å². The molecule has 0 aromatic heterocycles. The third-order valence-corrected chi connectivity index (χ3v) is 3.94. The summed E-state index contributed by atoms with van der Waals surface area (Å²) in [4.78, 5) is 2.51. The van der Waals surface area contributed by atoms with Gasteiger partial charge in [-0.2, -0.15) is 0 Å². The van der Waals surface area contributed by atoms with Crippen LogP contribution in [0.4, 0.5) is 0 Å². The summed E-state index contributed by atoms with van der Waals surface area (Å²) in [6, 6.07) is 9.37. The van der Waals surface area contributed by atoms with Gasteiger partial charge >= 0.3 is 0 Å². The van der Waals surface area contributed by atoms with Gasteiger partial charge in [0.05, 0.1) is 0 Å². The van der Waals surface area contributed by atoms with Crippen LogP contribution in [0.3, 0.4) is 0 Å². The van der Waals surface area contributed by atoms with Crippen molar-refractivity contribution in [2.75, 3.05) is 19.7 Å². The van der Waals surface area contributed by atoms with Gasteiger partial charge in [0, 0.05) is 25.7 Å². The van der Waals surface area contributed by atoms with Gasteiger partial charge in [-0.25, -0.2) is 0 Å². The third-order valence-electron chi connectivity index (χ3n) is 3.94. The molecule has 1 N–H and O–H groups in total. The van der Waals surface area contributed by atoms with E-state index in [1.807, 2.05) is 0 Å². The zero-order chi connectivity index (χ0) is 12.3. The zero-order valence-corrected chi connectivity index (χ0v) is 10.9. The summed E-state index contributed by atoms with van der Waals surface area (Å²) in [7, 11) is 0. The summed E-state index contributed by atoms with van der Waals surface area (Å²) in [5.41, 5.74) is 2.92. The maximum absolute atomic E-state index is 8.91. The summed E-state index contributed by atoms with van der Waals surface area (Å²) >= 11 is 0. The van der Waals surface area contributed by atoms with Crippen molar-refractivity contribution in [3.63, 3.8) is 0 Å². The van der Waals surface area contributed by atoms with E-state index in [1.54, 1.807) is 0 Å². The molecule has 1 aromatic rings. The number of aryl methyl sites for hydroxylation is 1. The number of aliphatic hydroxyl groups is 1. The number of benzene rings is 1. The Kier molecular flexibility index (Phi) is 4.19. The van der Waals surface area contributed by atoms with Gasteiger partial charge in [0.25, 0.3) is 0 Å². The van der Waals surface area contributed by atoms with Gasteiger partial charge in [-0.15, -0.1) is 0 Å². The molecule has 17 heavy (non-hydrogen) atoms. The molecule has 2 nitrogen and oxygen atoms in total. The molecular weight excluding hydrogens is 210 g/mol. The van der Waals surface area contributed by atoms with Crippen molar-refractivity contribution in [1.29, 1.82) is 0 Å². The van der Waals surface area contributed by atoms with Gasteiger partial charge < -0.3 is 5.11 Å². The summed E-state index contributed by atoms with van der Waals surface area (Å²) in [6.45, 7) is 6.98. The maximum atomic E-state index is 8.91. The lowest BCUT2D eigenvalue weighted by atomic mass is 9.93. The van der Waals surface area contributed by atoms with E-state index in [2.05, 4.69) is 43.0 Å². The first-order valence-corrected chi connectivity index (χ1v) is 6.63. The monoisotopic (exact) mass is 233 g/mol. The fourth-order valence-electron chi connectivity index (χ4n) is 2.95. The van der Waals surface area contributed by atoms with Crippen LogP contribution >= 0.6 is 0 Å². The lowest BCUT2D eigenvalue weighted by molar-refractivity contribution is 0.219. The van der Waals surface area contributed by atoms with Crippen molar-refractivity contribution >= 4 is 0 Å². The second-order valence-electron chi connectivity index (χ2n) is 5.21. The largest absolute Gasteiger partial charge is 0.396 e. The van der Waals surface area contributed by atoms with Crippen molar-refractivity contribution < 1.29 is 5.11 Å². The van der Waals surface area contributed by atoms with E-state index >= 15 is 0 Å². The molecule has 1 aliphatic heterocycles. The maximum Gasteiger partial charge on any atom is 0.0443 e. The van der Waals surface area contributed by atoms with Gasteiger partial charge in [-0.3, -0.25) is 4.90 Å². The van der Waals surface area contributed by atoms with Gasteiger partial charge in [0.1, 0.15) is 0 Å². The summed E-state index contributed by atoms with van der Waals surface area (Å²) in [6.07, 6.45) is 2.14. The number of likely N-dealkylation sites (tertiary alicyclic amines) is 1. The highest BCUT2D eigenvalue weighted by molar-refractivity contribution is 5.30. The molecule has 1 heterocycles. The van der Waals surface area contributed by atoms with E-state index in [4.69, 9.17) is 5.11 Å². The van der Waals surface area contributed by atoms with Crippen LogP contribution in [0.25, 0.3) is 0 Å². The fourth-order valence-corrected chi connectivity index (χ4v) is 2.95. The second-order valence-corrected chi connectivity index (χ2v) is 5.21. The van der Waals surface area contributed by atoms with Crippen LogP contribution in [0.2, 0.25) is 0 Å². The average molecular weight is 233 g/mol. The van der Waals surface area contributed by atoms with Crippen molar-refractivity contribution in [3.05, 3.63) is 35.4 Å². The highest BCUT2D eigenvalue weighted by atomic mass is 16.3. The minimum Gasteiger partial charge on any atom is -0.396 e. The quantitative estimate of drug-likeness (QED) is 0.864. The van der Waals surface area contributed by atoms with E-state index in [0.29, 0.717) is 18.6 Å². The number of hydrogen-bond donors (Lipinski definition) is 1. The van der Waals surface area contributed by atoms with Gasteiger partial charge in [-0.05, 0) is 43.7 Å². The SMILES string of the molecule is Cc1ccccc1C1CC(C)N(CCCO)C1. The normalized spacial score (nSPS) is 25.4. The predicted molar refractivity (Wildman–Crippen MR) is 71.3 cm³/mol. The topological polar surface area (TPSA) is 23.5 Å². The van der Waals surface area contributed by atoms with E-state index in [9.17, 15) is 0 Å². The highest BCUT2D eigenvalue weighted by Gasteiger charge is 2.29. The molecule has 1 aromatic carbocycles. The molecule has 2 unspecified atom stereocenters. The Morgan fingerprint density at radius 1 is 1.35 bits per heavy atom. The van der Waals surface area contributed by atoms with Crippen molar-refractivity contribution in [2.45, 2.75) is 38.6 Å². The molecule has 1 aliphatic rings. The second kappa shape index (κ2) is 5.65. The first-order chi connectivity index (χ1) is 8.22. The number of nitrogens with zero attached hydrogens (tertiary/aromatic N) is 1. The molecule has 94 valence electrons. The summed E-state index contributed by atoms with van der Waals surface area (Å²) in [5, 5.41) is 8.91. The van der Waals surface area contributed by atoms with Crippen LogP contribution in [-0.2, 0) is 0 Å². The standard InChI is InChI=1S/C15H23NO/c1-12-6-3-4-7-15(12)14-10-13(2)16(11-14)8-5-9-17/h3-4,6-7,13-14,17H,5,8-11H2,1-2H3. The van der Waals surface area contributed by atoms with Crippen LogP contribution in [0.1, 0.15) is 36.8 Å². The van der Waals surface area contributed by atoms with Crippen LogP contribution in [0.15, 0.2) is 24.3 Å². The van der Waals surface area contributed by atoms with E-state index < -0.39 is 0 Å². The number of aliphatic hydroxyl groups excluding tert-OH is 1. The smallest absolute Gasteiger partial charge is 0.0443 e. The van der Waals surface area contributed by atoms with Gasteiger partial charge in [-0.1, -0.05) is 24.3 Å². The molecule has 0 aliphatic carbocycles. The Hall–Kier alpha value is -0.860. The molecule has 0 spiro atoms. The molecule has 2 atom stereocenters. The molecule has 1 fully saturated rings. The lowest BCUT2D eigenvalue weighted by Gasteiger charge is -2.20. The van der Waals surface area contributed by atoms with Crippen molar-refractivity contribution in [3.8, 4) is 0 Å². The van der Waals surface area contributed by atoms with Crippen LogP contribution in [0.5, 0.6) is 0 Å². The molecule has 0 bridgehead atoms. The molecule has 1 saturated heterocycles. The van der Waals surface area contributed by atoms with E-state index in [0.717, 1.165) is 19.5 Å². The number of rotatable bonds is 4.